The molecule has 2 N–H and O–H groups in total. The molecule has 4 heteroatoms. The van der Waals surface area contributed by atoms with Crippen molar-refractivity contribution in [1.82, 2.24) is 0 Å². The average Bonchev–Trinajstić information content (AvgIpc) is 2.97. The highest BCUT2D eigenvalue weighted by molar-refractivity contribution is 5.40. The Balaban J connectivity index is 2.53. The van der Waals surface area contributed by atoms with Crippen molar-refractivity contribution < 1.29 is 13.2 Å². The third-order valence-corrected chi connectivity index (χ3v) is 3.94. The lowest BCUT2D eigenvalue weighted by Gasteiger charge is -2.34. The van der Waals surface area contributed by atoms with Crippen LogP contribution in [0.5, 0.6) is 0 Å². The number of rotatable bonds is 2. The van der Waals surface area contributed by atoms with Crippen LogP contribution in [-0.4, -0.2) is 5.54 Å². The van der Waals surface area contributed by atoms with Gasteiger partial charge < -0.3 is 5.73 Å². The lowest BCUT2D eigenvalue weighted by Crippen LogP contribution is -2.44. The summed E-state index contributed by atoms with van der Waals surface area (Å²) in [7, 11) is 0. The molecular weight excluding hydrogens is 227 g/mol. The van der Waals surface area contributed by atoms with Crippen LogP contribution < -0.4 is 5.73 Å². The summed E-state index contributed by atoms with van der Waals surface area (Å²) in [4.78, 5) is 0. The molecule has 17 heavy (non-hydrogen) atoms. The first-order chi connectivity index (χ1) is 7.68. The maximum absolute atomic E-state index is 12.9. The Morgan fingerprint density at radius 3 is 1.94 bits per heavy atom. The fourth-order valence-electron chi connectivity index (χ4n) is 2.30. The van der Waals surface area contributed by atoms with Gasteiger partial charge in [0.25, 0.3) is 0 Å². The molecule has 0 radical (unpaired) electrons. The van der Waals surface area contributed by atoms with Gasteiger partial charge in [0.05, 0.1) is 5.56 Å². The summed E-state index contributed by atoms with van der Waals surface area (Å²) in [5.41, 5.74) is 4.69. The summed E-state index contributed by atoms with van der Waals surface area (Å²) in [6, 6.07) is 5.72. The third kappa shape index (κ3) is 1.95. The fraction of sp³-hybridized carbons (Fsp3) is 0.538. The Hall–Kier alpha value is -1.03. The second-order valence-corrected chi connectivity index (χ2v) is 5.32. The maximum Gasteiger partial charge on any atom is 0.416 e. The highest BCUT2D eigenvalue weighted by Crippen LogP contribution is 2.51. The molecule has 1 nitrogen and oxygen atoms in total. The number of hydrogen-bond acceptors (Lipinski definition) is 1. The van der Waals surface area contributed by atoms with E-state index in [2.05, 4.69) is 0 Å². The molecule has 1 aliphatic rings. The van der Waals surface area contributed by atoms with Gasteiger partial charge in [0, 0.05) is 11.0 Å². The highest BCUT2D eigenvalue weighted by atomic mass is 19.4. The topological polar surface area (TPSA) is 26.0 Å². The summed E-state index contributed by atoms with van der Waals surface area (Å²) in [5.74, 6) is 0. The van der Waals surface area contributed by atoms with E-state index >= 15 is 0 Å². The van der Waals surface area contributed by atoms with Crippen LogP contribution in [0.25, 0.3) is 0 Å². The predicted molar refractivity (Wildman–Crippen MR) is 60.6 cm³/mol. The fourth-order valence-corrected chi connectivity index (χ4v) is 2.30. The Morgan fingerprint density at radius 2 is 1.53 bits per heavy atom. The van der Waals surface area contributed by atoms with Crippen LogP contribution in [0.15, 0.2) is 24.3 Å². The van der Waals surface area contributed by atoms with Crippen molar-refractivity contribution in [3.05, 3.63) is 35.4 Å². The molecule has 1 aromatic carbocycles. The molecule has 94 valence electrons. The van der Waals surface area contributed by atoms with Crippen LogP contribution in [0.2, 0.25) is 0 Å². The van der Waals surface area contributed by atoms with E-state index in [9.17, 15) is 13.2 Å². The molecule has 0 aliphatic heterocycles. The van der Waals surface area contributed by atoms with E-state index in [1.165, 1.54) is 12.1 Å². The van der Waals surface area contributed by atoms with Gasteiger partial charge in [-0.1, -0.05) is 32.0 Å². The van der Waals surface area contributed by atoms with Crippen molar-refractivity contribution in [2.45, 2.75) is 43.8 Å². The Morgan fingerprint density at radius 1 is 1.06 bits per heavy atom. The van der Waals surface area contributed by atoms with E-state index in [4.69, 9.17) is 5.73 Å². The molecule has 1 saturated carbocycles. The summed E-state index contributed by atoms with van der Waals surface area (Å²) in [5, 5.41) is 0. The van der Waals surface area contributed by atoms with Crippen LogP contribution in [0.1, 0.15) is 37.8 Å². The minimum absolute atomic E-state index is 0.299. The number of hydrogen-bond donors (Lipinski definition) is 1. The van der Waals surface area contributed by atoms with E-state index in [-0.39, 0.29) is 0 Å². The van der Waals surface area contributed by atoms with Gasteiger partial charge in [-0.2, -0.15) is 13.2 Å². The summed E-state index contributed by atoms with van der Waals surface area (Å²) in [6.07, 6.45) is -2.75. The molecule has 0 atom stereocenters. The molecular formula is C13H16F3N. The molecule has 0 aromatic heterocycles. The summed E-state index contributed by atoms with van der Waals surface area (Å²) < 4.78 is 38.8. The summed E-state index contributed by atoms with van der Waals surface area (Å²) >= 11 is 0. The van der Waals surface area contributed by atoms with Gasteiger partial charge in [-0.05, 0) is 24.5 Å². The molecule has 0 spiro atoms. The number of alkyl halides is 3. The van der Waals surface area contributed by atoms with Crippen LogP contribution in [0.4, 0.5) is 13.2 Å². The maximum atomic E-state index is 12.9. The van der Waals surface area contributed by atoms with E-state index in [0.29, 0.717) is 5.56 Å². The smallest absolute Gasteiger partial charge is 0.324 e. The van der Waals surface area contributed by atoms with Crippen molar-refractivity contribution in [3.63, 3.8) is 0 Å². The van der Waals surface area contributed by atoms with Crippen LogP contribution in [0.3, 0.4) is 0 Å². The van der Waals surface area contributed by atoms with Gasteiger partial charge in [-0.15, -0.1) is 0 Å². The number of nitrogens with two attached hydrogens (primary N) is 1. The normalized spacial score (nSPS) is 19.2. The molecule has 1 fully saturated rings. The van der Waals surface area contributed by atoms with E-state index in [1.807, 2.05) is 0 Å². The molecule has 0 bridgehead atoms. The first-order valence-electron chi connectivity index (χ1n) is 5.64. The standard InChI is InChI=1S/C13H16F3N/c1-11(2,12(17)7-8-12)9-5-3-4-6-10(9)13(14,15)16/h3-6H,7-8,17H2,1-2H3. The predicted octanol–water partition coefficient (Wildman–Crippen LogP) is 3.47. The van der Waals surface area contributed by atoms with Gasteiger partial charge in [0.2, 0.25) is 0 Å². The highest BCUT2D eigenvalue weighted by Gasteiger charge is 2.54. The summed E-state index contributed by atoms with van der Waals surface area (Å²) in [6.45, 7) is 3.59. The first kappa shape index (κ1) is 12.4. The average molecular weight is 243 g/mol. The molecule has 1 aliphatic carbocycles. The minimum atomic E-state index is -4.32. The van der Waals surface area contributed by atoms with E-state index < -0.39 is 22.7 Å². The third-order valence-electron chi connectivity index (χ3n) is 3.94. The lowest BCUT2D eigenvalue weighted by atomic mass is 9.74. The zero-order valence-electron chi connectivity index (χ0n) is 9.93. The van der Waals surface area contributed by atoms with Crippen molar-refractivity contribution in [3.8, 4) is 0 Å². The van der Waals surface area contributed by atoms with Gasteiger partial charge in [0.15, 0.2) is 0 Å². The van der Waals surface area contributed by atoms with Crippen molar-refractivity contribution in [2.24, 2.45) is 5.73 Å². The molecule has 0 saturated heterocycles. The SMILES string of the molecule is CC(C)(c1ccccc1C(F)(F)F)C1(N)CC1. The van der Waals surface area contributed by atoms with Gasteiger partial charge in [-0.3, -0.25) is 0 Å². The number of benzene rings is 1. The zero-order chi connectivity index (χ0) is 12.9. The molecule has 0 amide bonds. The van der Waals surface area contributed by atoms with Crippen LogP contribution >= 0.6 is 0 Å². The largest absolute Gasteiger partial charge is 0.416 e. The second-order valence-electron chi connectivity index (χ2n) is 5.32. The van der Waals surface area contributed by atoms with Crippen molar-refractivity contribution in [2.75, 3.05) is 0 Å². The van der Waals surface area contributed by atoms with E-state index in [0.717, 1.165) is 18.9 Å². The monoisotopic (exact) mass is 243 g/mol. The van der Waals surface area contributed by atoms with Gasteiger partial charge in [0.1, 0.15) is 0 Å². The zero-order valence-corrected chi connectivity index (χ0v) is 9.93. The minimum Gasteiger partial charge on any atom is -0.324 e. The van der Waals surface area contributed by atoms with Crippen molar-refractivity contribution in [1.29, 1.82) is 0 Å². The van der Waals surface area contributed by atoms with Gasteiger partial charge >= 0.3 is 6.18 Å². The van der Waals surface area contributed by atoms with Crippen molar-refractivity contribution >= 4 is 0 Å². The molecule has 2 rings (SSSR count). The lowest BCUT2D eigenvalue weighted by molar-refractivity contribution is -0.138. The molecule has 0 unspecified atom stereocenters. The Labute approximate surface area is 98.8 Å². The second kappa shape index (κ2) is 3.48. The molecule has 1 aromatic rings. The Kier molecular flexibility index (Phi) is 2.54. The molecule has 0 heterocycles. The first-order valence-corrected chi connectivity index (χ1v) is 5.64. The quantitative estimate of drug-likeness (QED) is 0.845. The van der Waals surface area contributed by atoms with E-state index in [1.54, 1.807) is 19.9 Å². The van der Waals surface area contributed by atoms with Crippen LogP contribution in [-0.2, 0) is 11.6 Å². The Bertz CT molecular complexity index is 431. The van der Waals surface area contributed by atoms with Gasteiger partial charge in [-0.25, -0.2) is 0 Å². The van der Waals surface area contributed by atoms with Crippen LogP contribution in [0, 0.1) is 0 Å². The number of halogens is 3.